The van der Waals surface area contributed by atoms with Crippen LogP contribution in [0.5, 0.6) is 0 Å². The van der Waals surface area contributed by atoms with Crippen molar-refractivity contribution >= 4 is 11.9 Å². The Morgan fingerprint density at radius 2 is 1.88 bits per heavy atom. The third-order valence-corrected chi connectivity index (χ3v) is 3.31. The fraction of sp³-hybridized carbons (Fsp3) is 0.188. The number of benzene rings is 1. The largest absolute Gasteiger partial charge is 0.416 e. The molecule has 2 rings (SSSR count). The summed E-state index contributed by atoms with van der Waals surface area (Å²) in [6, 6.07) is 5.38. The van der Waals surface area contributed by atoms with E-state index >= 15 is 0 Å². The highest BCUT2D eigenvalue weighted by molar-refractivity contribution is 5.99. The molecule has 9 heteroatoms. The quantitative estimate of drug-likeness (QED) is 0.832. The molecule has 0 aliphatic rings. The Hall–Kier alpha value is -2.97. The van der Waals surface area contributed by atoms with Crippen LogP contribution in [0.15, 0.2) is 42.6 Å². The third kappa shape index (κ3) is 4.52. The van der Waals surface area contributed by atoms with Crippen molar-refractivity contribution in [2.45, 2.75) is 12.1 Å². The number of aromatic nitrogens is 1. The molecule has 1 atom stereocenters. The number of alkyl halides is 3. The van der Waals surface area contributed by atoms with Crippen LogP contribution in [0.25, 0.3) is 0 Å². The van der Waals surface area contributed by atoms with Crippen LogP contribution in [0.1, 0.15) is 22.7 Å². The number of nitrogens with zero attached hydrogens (tertiary/aromatic N) is 1. The van der Waals surface area contributed by atoms with Crippen molar-refractivity contribution in [2.24, 2.45) is 0 Å². The number of pyridine rings is 1. The van der Waals surface area contributed by atoms with E-state index in [1.165, 1.54) is 19.2 Å². The lowest BCUT2D eigenvalue weighted by molar-refractivity contribution is -0.137. The zero-order valence-electron chi connectivity index (χ0n) is 12.9. The highest BCUT2D eigenvalue weighted by Gasteiger charge is 2.33. The zero-order chi connectivity index (χ0) is 18.6. The molecule has 2 aromatic rings. The molecule has 0 saturated carbocycles. The molecule has 0 bridgehead atoms. The molecule has 132 valence electrons. The Morgan fingerprint density at radius 1 is 1.16 bits per heavy atom. The van der Waals surface area contributed by atoms with Crippen molar-refractivity contribution in [2.75, 3.05) is 7.05 Å². The first-order chi connectivity index (χ1) is 11.7. The van der Waals surface area contributed by atoms with Gasteiger partial charge in [-0.3, -0.25) is 15.1 Å². The van der Waals surface area contributed by atoms with Crippen molar-refractivity contribution in [3.05, 3.63) is 65.2 Å². The van der Waals surface area contributed by atoms with Crippen LogP contribution in [-0.4, -0.2) is 24.0 Å². The van der Waals surface area contributed by atoms with E-state index in [0.29, 0.717) is 6.07 Å². The van der Waals surface area contributed by atoms with Crippen LogP contribution < -0.4 is 10.6 Å². The zero-order valence-corrected chi connectivity index (χ0v) is 12.9. The van der Waals surface area contributed by atoms with E-state index in [-0.39, 0.29) is 11.3 Å². The number of rotatable bonds is 3. The van der Waals surface area contributed by atoms with E-state index in [0.717, 1.165) is 24.4 Å². The Kier molecular flexibility index (Phi) is 5.35. The van der Waals surface area contributed by atoms with Gasteiger partial charge < -0.3 is 5.32 Å². The number of nitrogens with one attached hydrogen (secondary N) is 2. The topological polar surface area (TPSA) is 71.1 Å². The summed E-state index contributed by atoms with van der Waals surface area (Å²) in [5.74, 6) is -3.01. The molecule has 0 saturated heterocycles. The standard InChI is InChI=1S/C16H13F4N3O2/c1-21-15(25)23-14(24)13(9-3-2-4-11(17)7-9)12-8-10(5-6-22-12)16(18,19)20/h2-8,13H,1H3,(H2,21,23,24,25). The second kappa shape index (κ2) is 7.29. The lowest BCUT2D eigenvalue weighted by Crippen LogP contribution is -2.40. The molecular weight excluding hydrogens is 342 g/mol. The molecule has 2 N–H and O–H groups in total. The predicted octanol–water partition coefficient (Wildman–Crippen LogP) is 2.83. The molecule has 1 aromatic carbocycles. The van der Waals surface area contributed by atoms with Crippen LogP contribution in [-0.2, 0) is 11.0 Å². The van der Waals surface area contributed by atoms with E-state index < -0.39 is 35.4 Å². The molecule has 1 heterocycles. The van der Waals surface area contributed by atoms with Crippen molar-refractivity contribution < 1.29 is 27.2 Å². The van der Waals surface area contributed by atoms with Crippen LogP contribution in [0, 0.1) is 5.82 Å². The number of imide groups is 1. The van der Waals surface area contributed by atoms with E-state index in [1.807, 2.05) is 5.32 Å². The maximum atomic E-state index is 13.5. The highest BCUT2D eigenvalue weighted by atomic mass is 19.4. The maximum absolute atomic E-state index is 13.5. The van der Waals surface area contributed by atoms with Gasteiger partial charge in [0.1, 0.15) is 11.7 Å². The summed E-state index contributed by atoms with van der Waals surface area (Å²) in [4.78, 5) is 27.5. The fourth-order valence-corrected chi connectivity index (χ4v) is 2.17. The van der Waals surface area contributed by atoms with Gasteiger partial charge >= 0.3 is 12.2 Å². The average Bonchev–Trinajstić information content (AvgIpc) is 2.54. The van der Waals surface area contributed by atoms with Gasteiger partial charge in [-0.1, -0.05) is 12.1 Å². The lowest BCUT2D eigenvalue weighted by Gasteiger charge is -2.17. The minimum absolute atomic E-state index is 0.0632. The predicted molar refractivity (Wildman–Crippen MR) is 80.1 cm³/mol. The molecule has 0 aliphatic heterocycles. The molecule has 0 fully saturated rings. The minimum Gasteiger partial charge on any atom is -0.341 e. The summed E-state index contributed by atoms with van der Waals surface area (Å²) < 4.78 is 52.2. The van der Waals surface area contributed by atoms with Gasteiger partial charge in [0.2, 0.25) is 5.91 Å². The van der Waals surface area contributed by atoms with Gasteiger partial charge in [-0.15, -0.1) is 0 Å². The van der Waals surface area contributed by atoms with E-state index in [4.69, 9.17) is 0 Å². The minimum atomic E-state index is -4.64. The van der Waals surface area contributed by atoms with Crippen LogP contribution in [0.3, 0.4) is 0 Å². The molecule has 1 unspecified atom stereocenters. The number of carbonyl (C=O) groups excluding carboxylic acids is 2. The van der Waals surface area contributed by atoms with Crippen molar-refractivity contribution in [3.8, 4) is 0 Å². The molecule has 3 amide bonds. The second-order valence-electron chi connectivity index (χ2n) is 5.02. The third-order valence-electron chi connectivity index (χ3n) is 3.31. The van der Waals surface area contributed by atoms with Gasteiger partial charge in [0.15, 0.2) is 0 Å². The number of urea groups is 1. The van der Waals surface area contributed by atoms with Crippen LogP contribution in [0.2, 0.25) is 0 Å². The van der Waals surface area contributed by atoms with Gasteiger partial charge in [-0.05, 0) is 29.8 Å². The molecule has 1 aromatic heterocycles. The number of amides is 3. The Labute approximate surface area is 140 Å². The molecule has 0 radical (unpaired) electrons. The number of halogens is 4. The molecule has 0 spiro atoms. The highest BCUT2D eigenvalue weighted by Crippen LogP contribution is 2.32. The van der Waals surface area contributed by atoms with Crippen molar-refractivity contribution in [1.82, 2.24) is 15.6 Å². The Morgan fingerprint density at radius 3 is 2.48 bits per heavy atom. The van der Waals surface area contributed by atoms with E-state index in [1.54, 1.807) is 0 Å². The smallest absolute Gasteiger partial charge is 0.341 e. The summed E-state index contributed by atoms with van der Waals surface area (Å²) in [6.07, 6.45) is -3.74. The van der Waals surface area contributed by atoms with Gasteiger partial charge in [-0.2, -0.15) is 13.2 Å². The lowest BCUT2D eigenvalue weighted by atomic mass is 9.93. The second-order valence-corrected chi connectivity index (χ2v) is 5.02. The maximum Gasteiger partial charge on any atom is 0.416 e. The number of carbonyl (C=O) groups is 2. The first-order valence-electron chi connectivity index (χ1n) is 7.03. The van der Waals surface area contributed by atoms with Crippen molar-refractivity contribution in [1.29, 1.82) is 0 Å². The molecule has 25 heavy (non-hydrogen) atoms. The van der Waals surface area contributed by atoms with E-state index in [9.17, 15) is 27.2 Å². The SMILES string of the molecule is CNC(=O)NC(=O)C(c1cccc(F)c1)c1cc(C(F)(F)F)ccn1. The van der Waals surface area contributed by atoms with E-state index in [2.05, 4.69) is 10.3 Å². The van der Waals surface area contributed by atoms with Crippen molar-refractivity contribution in [3.63, 3.8) is 0 Å². The first kappa shape index (κ1) is 18.4. The summed E-state index contributed by atoms with van der Waals surface area (Å²) in [6.45, 7) is 0. The van der Waals surface area contributed by atoms with Gasteiger partial charge in [0, 0.05) is 13.2 Å². The fourth-order valence-electron chi connectivity index (χ4n) is 2.17. The van der Waals surface area contributed by atoms with Crippen LogP contribution >= 0.6 is 0 Å². The molecule has 5 nitrogen and oxygen atoms in total. The number of hydrogen-bond donors (Lipinski definition) is 2. The van der Waals surface area contributed by atoms with Gasteiger partial charge in [0.05, 0.1) is 11.3 Å². The normalized spacial score (nSPS) is 12.4. The Balaban J connectivity index is 2.52. The monoisotopic (exact) mass is 355 g/mol. The van der Waals surface area contributed by atoms with Gasteiger partial charge in [0.25, 0.3) is 0 Å². The summed E-state index contributed by atoms with van der Waals surface area (Å²) >= 11 is 0. The average molecular weight is 355 g/mol. The summed E-state index contributed by atoms with van der Waals surface area (Å²) in [7, 11) is 1.27. The summed E-state index contributed by atoms with van der Waals surface area (Å²) in [5, 5.41) is 4.13. The van der Waals surface area contributed by atoms with Crippen LogP contribution in [0.4, 0.5) is 22.4 Å². The molecular formula is C16H13F4N3O2. The Bertz CT molecular complexity index is 793. The molecule has 0 aliphatic carbocycles. The van der Waals surface area contributed by atoms with Gasteiger partial charge in [-0.25, -0.2) is 9.18 Å². The number of hydrogen-bond acceptors (Lipinski definition) is 3. The first-order valence-corrected chi connectivity index (χ1v) is 7.03. The summed E-state index contributed by atoms with van der Waals surface area (Å²) in [5.41, 5.74) is -1.21.